The van der Waals surface area contributed by atoms with Crippen molar-refractivity contribution in [3.63, 3.8) is 0 Å². The monoisotopic (exact) mass is 311 g/mol. The molecule has 0 amide bonds. The number of rotatable bonds is 4. The number of aliphatic hydroxyl groups excluding tert-OH is 1. The van der Waals surface area contributed by atoms with Crippen molar-refractivity contribution in [1.29, 1.82) is 0 Å². The molecular weight excluding hydrogens is 298 g/mol. The number of benzene rings is 2. The highest BCUT2D eigenvalue weighted by Crippen LogP contribution is 2.21. The standard InChI is InChI=1S/C17H13NO5/c19-16(20)11-4-1-10(2-5-11)3-8-15-18-13-9-12(17(21)22)6-7-14(13)23-15/h1-9,17,21-22H,(H,19,20). The van der Waals surface area contributed by atoms with Gasteiger partial charge in [0.2, 0.25) is 5.89 Å². The lowest BCUT2D eigenvalue weighted by molar-refractivity contribution is -0.0424. The number of fused-ring (bicyclic) bond motifs is 1. The maximum Gasteiger partial charge on any atom is 0.335 e. The number of carbonyl (C=O) groups is 1. The molecule has 2 aromatic carbocycles. The molecule has 0 saturated heterocycles. The van der Waals surface area contributed by atoms with Gasteiger partial charge in [-0.2, -0.15) is 0 Å². The summed E-state index contributed by atoms with van der Waals surface area (Å²) in [7, 11) is 0. The van der Waals surface area contributed by atoms with Crippen LogP contribution < -0.4 is 0 Å². The first-order valence-corrected chi connectivity index (χ1v) is 6.81. The first-order valence-electron chi connectivity index (χ1n) is 6.81. The molecule has 23 heavy (non-hydrogen) atoms. The summed E-state index contributed by atoms with van der Waals surface area (Å²) in [5.41, 5.74) is 2.43. The third kappa shape index (κ3) is 3.28. The van der Waals surface area contributed by atoms with Crippen LogP contribution in [0.15, 0.2) is 46.9 Å². The third-order valence-corrected chi connectivity index (χ3v) is 3.30. The molecule has 0 aliphatic carbocycles. The van der Waals surface area contributed by atoms with Crippen molar-refractivity contribution in [2.75, 3.05) is 0 Å². The maximum atomic E-state index is 10.8. The average molecular weight is 311 g/mol. The predicted molar refractivity (Wildman–Crippen MR) is 83.5 cm³/mol. The summed E-state index contributed by atoms with van der Waals surface area (Å²) in [6.45, 7) is 0. The molecule has 3 rings (SSSR count). The van der Waals surface area contributed by atoms with E-state index in [1.807, 2.05) is 0 Å². The van der Waals surface area contributed by atoms with Crippen molar-refractivity contribution in [2.24, 2.45) is 0 Å². The highest BCUT2D eigenvalue weighted by atomic mass is 16.5. The quantitative estimate of drug-likeness (QED) is 0.640. The van der Waals surface area contributed by atoms with Crippen molar-refractivity contribution in [1.82, 2.24) is 4.98 Å². The molecule has 3 aromatic rings. The number of carboxylic acid groups (broad SMARTS) is 1. The van der Waals surface area contributed by atoms with E-state index in [4.69, 9.17) is 19.7 Å². The molecule has 116 valence electrons. The fourth-order valence-electron chi connectivity index (χ4n) is 2.10. The van der Waals surface area contributed by atoms with Crippen molar-refractivity contribution < 1.29 is 24.5 Å². The second-order valence-electron chi connectivity index (χ2n) is 4.91. The number of oxazole rings is 1. The van der Waals surface area contributed by atoms with Crippen LogP contribution in [0.3, 0.4) is 0 Å². The highest BCUT2D eigenvalue weighted by Gasteiger charge is 2.08. The topological polar surface area (TPSA) is 104 Å². The van der Waals surface area contributed by atoms with E-state index in [1.165, 1.54) is 12.1 Å². The summed E-state index contributed by atoms with van der Waals surface area (Å²) < 4.78 is 5.53. The molecule has 6 heteroatoms. The van der Waals surface area contributed by atoms with Gasteiger partial charge in [0.15, 0.2) is 11.9 Å². The van der Waals surface area contributed by atoms with Gasteiger partial charge in [0.05, 0.1) is 5.56 Å². The minimum Gasteiger partial charge on any atom is -0.478 e. The first-order chi connectivity index (χ1) is 11.0. The van der Waals surface area contributed by atoms with Gasteiger partial charge in [-0.25, -0.2) is 9.78 Å². The van der Waals surface area contributed by atoms with Crippen LogP contribution in [0.25, 0.3) is 23.3 Å². The normalized spacial score (nSPS) is 11.6. The molecule has 3 N–H and O–H groups in total. The lowest BCUT2D eigenvalue weighted by Crippen LogP contribution is -1.94. The summed E-state index contributed by atoms with van der Waals surface area (Å²) in [5, 5.41) is 27.1. The third-order valence-electron chi connectivity index (χ3n) is 3.30. The van der Waals surface area contributed by atoms with Crippen molar-refractivity contribution in [3.05, 3.63) is 65.0 Å². The van der Waals surface area contributed by atoms with Gasteiger partial charge in [0.25, 0.3) is 0 Å². The molecule has 0 aliphatic heterocycles. The Labute approximate surface area is 130 Å². The van der Waals surface area contributed by atoms with E-state index in [-0.39, 0.29) is 5.56 Å². The van der Waals surface area contributed by atoms with Crippen LogP contribution in [0.4, 0.5) is 0 Å². The van der Waals surface area contributed by atoms with Crippen molar-refractivity contribution in [2.45, 2.75) is 6.29 Å². The van der Waals surface area contributed by atoms with Crippen LogP contribution in [0.5, 0.6) is 0 Å². The molecule has 0 fully saturated rings. The largest absolute Gasteiger partial charge is 0.478 e. The molecule has 0 radical (unpaired) electrons. The zero-order chi connectivity index (χ0) is 16.4. The summed E-state index contributed by atoms with van der Waals surface area (Å²) in [5.74, 6) is -0.603. The Kier molecular flexibility index (Phi) is 3.92. The summed E-state index contributed by atoms with van der Waals surface area (Å²) >= 11 is 0. The molecule has 0 unspecified atom stereocenters. The van der Waals surface area contributed by atoms with Crippen molar-refractivity contribution >= 4 is 29.2 Å². The second kappa shape index (κ2) is 6.04. The van der Waals surface area contributed by atoms with E-state index in [2.05, 4.69) is 4.98 Å². The zero-order valence-electron chi connectivity index (χ0n) is 11.9. The Hall–Kier alpha value is -2.96. The molecule has 0 spiro atoms. The van der Waals surface area contributed by atoms with Gasteiger partial charge >= 0.3 is 5.97 Å². The van der Waals surface area contributed by atoms with Crippen LogP contribution in [-0.2, 0) is 0 Å². The van der Waals surface area contributed by atoms with Gasteiger partial charge < -0.3 is 19.7 Å². The number of hydrogen-bond donors (Lipinski definition) is 3. The fraction of sp³-hybridized carbons (Fsp3) is 0.0588. The van der Waals surface area contributed by atoms with Gasteiger partial charge in [-0.05, 0) is 35.9 Å². The number of nitrogens with zero attached hydrogens (tertiary/aromatic N) is 1. The summed E-state index contributed by atoms with van der Waals surface area (Å²) in [6, 6.07) is 11.1. The zero-order valence-corrected chi connectivity index (χ0v) is 11.9. The maximum absolute atomic E-state index is 10.8. The molecule has 6 nitrogen and oxygen atoms in total. The lowest BCUT2D eigenvalue weighted by atomic mass is 10.1. The Balaban J connectivity index is 1.84. The minimum atomic E-state index is -1.55. The summed E-state index contributed by atoms with van der Waals surface area (Å²) in [4.78, 5) is 15.0. The first kappa shape index (κ1) is 15.0. The van der Waals surface area contributed by atoms with Gasteiger partial charge in [0, 0.05) is 11.6 Å². The van der Waals surface area contributed by atoms with Crippen LogP contribution in [-0.4, -0.2) is 26.3 Å². The number of aliphatic hydroxyl groups is 2. The SMILES string of the molecule is O=C(O)c1ccc(C=Cc2nc3cc(C(O)O)ccc3o2)cc1. The molecule has 0 aliphatic rings. The molecule has 1 aromatic heterocycles. The number of aromatic carboxylic acids is 1. The molecule has 0 bridgehead atoms. The van der Waals surface area contributed by atoms with E-state index < -0.39 is 12.3 Å². The molecular formula is C17H13NO5. The van der Waals surface area contributed by atoms with Gasteiger partial charge in [-0.1, -0.05) is 18.2 Å². The average Bonchev–Trinajstić information content (AvgIpc) is 2.95. The second-order valence-corrected chi connectivity index (χ2v) is 4.91. The van der Waals surface area contributed by atoms with Crippen LogP contribution >= 0.6 is 0 Å². The molecule has 0 saturated carbocycles. The highest BCUT2D eigenvalue weighted by molar-refractivity contribution is 5.88. The smallest absolute Gasteiger partial charge is 0.335 e. The van der Waals surface area contributed by atoms with Crippen LogP contribution in [0, 0.1) is 0 Å². The van der Waals surface area contributed by atoms with E-state index in [1.54, 1.807) is 42.5 Å². The van der Waals surface area contributed by atoms with E-state index >= 15 is 0 Å². The van der Waals surface area contributed by atoms with Gasteiger partial charge in [0.1, 0.15) is 5.52 Å². The molecule has 1 heterocycles. The van der Waals surface area contributed by atoms with Crippen molar-refractivity contribution in [3.8, 4) is 0 Å². The van der Waals surface area contributed by atoms with Gasteiger partial charge in [-0.3, -0.25) is 0 Å². The number of aromatic nitrogens is 1. The number of hydrogen-bond acceptors (Lipinski definition) is 5. The number of carboxylic acids is 1. The lowest BCUT2D eigenvalue weighted by Gasteiger charge is -2.01. The Morgan fingerprint density at radius 1 is 1.09 bits per heavy atom. The summed E-state index contributed by atoms with van der Waals surface area (Å²) in [6.07, 6.45) is 1.85. The predicted octanol–water partition coefficient (Wildman–Crippen LogP) is 2.68. The Morgan fingerprint density at radius 2 is 1.83 bits per heavy atom. The molecule has 0 atom stereocenters. The van der Waals surface area contributed by atoms with E-state index in [0.717, 1.165) is 5.56 Å². The van der Waals surface area contributed by atoms with Crippen LogP contribution in [0.1, 0.15) is 33.7 Å². The van der Waals surface area contributed by atoms with E-state index in [9.17, 15) is 4.79 Å². The fourth-order valence-corrected chi connectivity index (χ4v) is 2.10. The Bertz CT molecular complexity index is 878. The van der Waals surface area contributed by atoms with Gasteiger partial charge in [-0.15, -0.1) is 0 Å². The minimum absolute atomic E-state index is 0.221. The van der Waals surface area contributed by atoms with E-state index in [0.29, 0.717) is 22.6 Å². The van der Waals surface area contributed by atoms with Crippen LogP contribution in [0.2, 0.25) is 0 Å². The Morgan fingerprint density at radius 3 is 2.48 bits per heavy atom.